The van der Waals surface area contributed by atoms with Crippen LogP contribution in [0.3, 0.4) is 0 Å². The van der Waals surface area contributed by atoms with Crippen molar-refractivity contribution in [1.82, 2.24) is 19.4 Å². The molecule has 0 aliphatic carbocycles. The third kappa shape index (κ3) is 6.49. The number of aliphatic hydroxyl groups excluding tert-OH is 1. The minimum atomic E-state index is -5.41. The SMILES string of the molecule is CNCC(O)Cn1ccn(-c2nc(C(F)(F)F)cc(C(F)(F)F)c2OC(=O)N(C)c2ccc(F)cc2)c1=S. The Morgan fingerprint density at radius 1 is 1.16 bits per heavy atom. The number of rotatable bonds is 7. The summed E-state index contributed by atoms with van der Waals surface area (Å²) in [7, 11) is 2.66. The zero-order valence-corrected chi connectivity index (χ0v) is 20.5. The number of anilines is 1. The molecule has 2 N–H and O–H groups in total. The van der Waals surface area contributed by atoms with Crippen LogP contribution in [0.1, 0.15) is 11.3 Å². The average Bonchev–Trinajstić information content (AvgIpc) is 3.17. The van der Waals surface area contributed by atoms with Gasteiger partial charge in [-0.05, 0) is 49.6 Å². The second kappa shape index (κ2) is 11.1. The Bertz CT molecular complexity index is 1350. The van der Waals surface area contributed by atoms with Gasteiger partial charge in [-0.2, -0.15) is 26.3 Å². The Morgan fingerprint density at radius 3 is 2.34 bits per heavy atom. The van der Waals surface area contributed by atoms with Crippen LogP contribution in [0.25, 0.3) is 5.82 Å². The quantitative estimate of drug-likeness (QED) is 0.316. The summed E-state index contributed by atoms with van der Waals surface area (Å²) in [5.74, 6) is -3.04. The number of aliphatic hydroxyl groups is 1. The highest BCUT2D eigenvalue weighted by molar-refractivity contribution is 7.71. The fourth-order valence-electron chi connectivity index (χ4n) is 3.31. The van der Waals surface area contributed by atoms with Gasteiger partial charge in [0.1, 0.15) is 17.1 Å². The number of hydrogen-bond donors (Lipinski definition) is 2. The molecule has 0 saturated heterocycles. The molecule has 3 rings (SSSR count). The first-order chi connectivity index (χ1) is 17.6. The lowest BCUT2D eigenvalue weighted by Crippen LogP contribution is -2.31. The number of nitrogens with zero attached hydrogens (tertiary/aromatic N) is 4. The van der Waals surface area contributed by atoms with Gasteiger partial charge in [-0.15, -0.1) is 0 Å². The van der Waals surface area contributed by atoms with Crippen molar-refractivity contribution in [3.05, 3.63) is 64.6 Å². The maximum absolute atomic E-state index is 14.0. The molecule has 3 aromatic rings. The summed E-state index contributed by atoms with van der Waals surface area (Å²) in [6.45, 7) is -0.0360. The van der Waals surface area contributed by atoms with E-state index in [4.69, 9.17) is 17.0 Å². The van der Waals surface area contributed by atoms with Gasteiger partial charge in [0.05, 0.1) is 12.6 Å². The monoisotopic (exact) mass is 567 g/mol. The lowest BCUT2D eigenvalue weighted by atomic mass is 10.1. The molecule has 0 fully saturated rings. The first-order valence-electron chi connectivity index (χ1n) is 10.6. The van der Waals surface area contributed by atoms with Crippen LogP contribution in [0.15, 0.2) is 42.7 Å². The van der Waals surface area contributed by atoms with Crippen LogP contribution in [-0.4, -0.2) is 52.1 Å². The summed E-state index contributed by atoms with van der Waals surface area (Å²) >= 11 is 5.20. The molecule has 8 nitrogen and oxygen atoms in total. The number of pyridine rings is 1. The van der Waals surface area contributed by atoms with E-state index in [1.807, 2.05) is 0 Å². The molecule has 38 heavy (non-hydrogen) atoms. The van der Waals surface area contributed by atoms with E-state index in [2.05, 4.69) is 10.3 Å². The van der Waals surface area contributed by atoms with Crippen molar-refractivity contribution < 1.29 is 45.4 Å². The molecule has 0 saturated carbocycles. The van der Waals surface area contributed by atoms with Gasteiger partial charge in [-0.3, -0.25) is 9.47 Å². The molecule has 206 valence electrons. The van der Waals surface area contributed by atoms with Gasteiger partial charge in [0.15, 0.2) is 16.3 Å². The van der Waals surface area contributed by atoms with Gasteiger partial charge < -0.3 is 19.7 Å². The number of carbonyl (C=O) groups is 1. The van der Waals surface area contributed by atoms with Gasteiger partial charge in [0.25, 0.3) is 0 Å². The van der Waals surface area contributed by atoms with E-state index in [0.717, 1.165) is 42.4 Å². The number of amides is 1. The largest absolute Gasteiger partial charge is 0.433 e. The Labute approximate surface area is 215 Å². The maximum Gasteiger partial charge on any atom is 0.433 e. The summed E-state index contributed by atoms with van der Waals surface area (Å²) < 4.78 is 102. The van der Waals surface area contributed by atoms with Gasteiger partial charge in [-0.25, -0.2) is 14.2 Å². The van der Waals surface area contributed by atoms with Crippen LogP contribution < -0.4 is 15.0 Å². The molecule has 1 unspecified atom stereocenters. The van der Waals surface area contributed by atoms with E-state index in [-0.39, 0.29) is 29.6 Å². The molecule has 1 aromatic carbocycles. The summed E-state index contributed by atoms with van der Waals surface area (Å²) in [6.07, 6.45) is -10.9. The van der Waals surface area contributed by atoms with Gasteiger partial charge >= 0.3 is 18.4 Å². The number of likely N-dealkylation sites (N-methyl/N-ethyl adjacent to an activating group) is 1. The number of benzene rings is 1. The van der Waals surface area contributed by atoms with Crippen molar-refractivity contribution in [1.29, 1.82) is 0 Å². The summed E-state index contributed by atoms with van der Waals surface area (Å²) in [4.78, 5) is 16.8. The molecule has 0 aliphatic rings. The Balaban J connectivity index is 2.19. The fraction of sp³-hybridized carbons (Fsp3) is 0.318. The standard InChI is InChI=1S/C22H20F7N5O3S/c1-30-10-14(35)11-33-7-8-34(19(33)38)18-17(15(21(24,25)26)9-16(31-18)22(27,28)29)37-20(36)32(2)13-5-3-12(23)4-6-13/h3-9,14,30,35H,10-11H2,1-2H3. The van der Waals surface area contributed by atoms with Crippen LogP contribution >= 0.6 is 12.2 Å². The smallest absolute Gasteiger partial charge is 0.405 e. The minimum Gasteiger partial charge on any atom is -0.405 e. The van der Waals surface area contributed by atoms with Crippen LogP contribution in [0.5, 0.6) is 5.75 Å². The number of carbonyl (C=O) groups excluding carboxylic acids is 1. The highest BCUT2D eigenvalue weighted by Crippen LogP contribution is 2.42. The molecule has 2 heterocycles. The van der Waals surface area contributed by atoms with Gasteiger partial charge in [0.2, 0.25) is 0 Å². The second-order valence-corrected chi connectivity index (χ2v) is 8.29. The van der Waals surface area contributed by atoms with Crippen molar-refractivity contribution >= 4 is 24.0 Å². The number of aromatic nitrogens is 3. The van der Waals surface area contributed by atoms with E-state index in [9.17, 15) is 40.6 Å². The topological polar surface area (TPSA) is 84.5 Å². The lowest BCUT2D eigenvalue weighted by molar-refractivity contribution is -0.146. The van der Waals surface area contributed by atoms with Crippen molar-refractivity contribution in [3.63, 3.8) is 0 Å². The number of hydrogen-bond acceptors (Lipinski definition) is 6. The number of nitrogens with one attached hydrogen (secondary N) is 1. The fourth-order valence-corrected chi connectivity index (χ4v) is 3.59. The molecule has 0 aliphatic heterocycles. The third-order valence-corrected chi connectivity index (χ3v) is 5.58. The molecule has 1 atom stereocenters. The van der Waals surface area contributed by atoms with Gasteiger partial charge in [0, 0.05) is 31.7 Å². The third-order valence-electron chi connectivity index (χ3n) is 5.15. The van der Waals surface area contributed by atoms with Crippen molar-refractivity contribution in [2.75, 3.05) is 25.5 Å². The molecule has 0 radical (unpaired) electrons. The van der Waals surface area contributed by atoms with Crippen LogP contribution in [0.4, 0.5) is 41.2 Å². The summed E-state index contributed by atoms with van der Waals surface area (Å²) in [5, 5.41) is 12.7. The zero-order chi connectivity index (χ0) is 28.4. The van der Waals surface area contributed by atoms with Crippen LogP contribution in [-0.2, 0) is 18.9 Å². The highest BCUT2D eigenvalue weighted by Gasteiger charge is 2.43. The minimum absolute atomic E-state index is 0.0210. The van der Waals surface area contributed by atoms with E-state index in [0.29, 0.717) is 4.57 Å². The van der Waals surface area contributed by atoms with Crippen molar-refractivity contribution in [2.45, 2.75) is 25.0 Å². The molecule has 2 aromatic heterocycles. The second-order valence-electron chi connectivity index (χ2n) is 7.92. The molecule has 1 amide bonds. The predicted octanol–water partition coefficient (Wildman–Crippen LogP) is 4.80. The maximum atomic E-state index is 14.0. The van der Waals surface area contributed by atoms with Crippen LogP contribution in [0, 0.1) is 10.6 Å². The number of ether oxygens (including phenoxy) is 1. The number of halogens is 7. The molecular formula is C22H20F7N5O3S. The molecule has 0 bridgehead atoms. The Morgan fingerprint density at radius 2 is 1.79 bits per heavy atom. The first-order valence-corrected chi connectivity index (χ1v) is 11.1. The van der Waals surface area contributed by atoms with Gasteiger partial charge in [-0.1, -0.05) is 0 Å². The Hall–Kier alpha value is -3.50. The van der Waals surface area contributed by atoms with E-state index in [1.54, 1.807) is 7.05 Å². The van der Waals surface area contributed by atoms with E-state index in [1.165, 1.54) is 10.8 Å². The molecule has 16 heteroatoms. The highest BCUT2D eigenvalue weighted by atomic mass is 32.1. The molecular weight excluding hydrogens is 547 g/mol. The number of alkyl halides is 6. The average molecular weight is 567 g/mol. The van der Waals surface area contributed by atoms with Crippen LogP contribution in [0.2, 0.25) is 0 Å². The number of imidazole rings is 1. The normalized spacial score (nSPS) is 12.9. The Kier molecular flexibility index (Phi) is 8.48. The summed E-state index contributed by atoms with van der Waals surface area (Å²) in [6, 6.07) is 3.97. The van der Waals surface area contributed by atoms with Crippen molar-refractivity contribution in [3.8, 4) is 11.6 Å². The van der Waals surface area contributed by atoms with Crippen molar-refractivity contribution in [2.24, 2.45) is 0 Å². The first kappa shape index (κ1) is 29.1. The molecule has 0 spiro atoms. The lowest BCUT2D eigenvalue weighted by Gasteiger charge is -2.22. The predicted molar refractivity (Wildman–Crippen MR) is 123 cm³/mol. The summed E-state index contributed by atoms with van der Waals surface area (Å²) in [5.41, 5.74) is -3.82. The van der Waals surface area contributed by atoms with E-state index >= 15 is 0 Å². The van der Waals surface area contributed by atoms with E-state index < -0.39 is 53.2 Å². The zero-order valence-electron chi connectivity index (χ0n) is 19.6.